The van der Waals surface area contributed by atoms with Gasteiger partial charge in [-0.2, -0.15) is 0 Å². The van der Waals surface area contributed by atoms with Gasteiger partial charge in [0.2, 0.25) is 5.91 Å². The van der Waals surface area contributed by atoms with E-state index >= 15 is 0 Å². The molecule has 2 atom stereocenters. The Morgan fingerprint density at radius 1 is 1.44 bits per heavy atom. The van der Waals surface area contributed by atoms with Gasteiger partial charge in [-0.1, -0.05) is 23.5 Å². The van der Waals surface area contributed by atoms with Crippen LogP contribution in [0.2, 0.25) is 0 Å². The molecule has 3 N–H and O–H groups in total. The summed E-state index contributed by atoms with van der Waals surface area (Å²) in [5, 5.41) is 10.1. The quantitative estimate of drug-likeness (QED) is 0.767. The Kier molecular flexibility index (Phi) is 2.89. The lowest BCUT2D eigenvalue weighted by Gasteiger charge is -2.29. The first-order chi connectivity index (χ1) is 8.70. The molecule has 1 aromatic carbocycles. The van der Waals surface area contributed by atoms with Crippen LogP contribution in [0.4, 0.5) is 5.13 Å². The highest BCUT2D eigenvalue weighted by Gasteiger charge is 2.23. The first kappa shape index (κ1) is 11.4. The molecule has 3 rings (SSSR count). The average molecular weight is 262 g/mol. The predicted octanol–water partition coefficient (Wildman–Crippen LogP) is 1.49. The first-order valence-corrected chi connectivity index (χ1v) is 6.70. The number of hydrogen-bond acceptors (Lipinski definition) is 5. The molecule has 2 aromatic rings. The number of carbonyl (C=O) groups excluding carboxylic acids is 1. The molecule has 1 aliphatic rings. The molecule has 1 saturated heterocycles. The van der Waals surface area contributed by atoms with Crippen LogP contribution in [0.1, 0.15) is 13.3 Å². The van der Waals surface area contributed by atoms with Crippen molar-refractivity contribution in [1.82, 2.24) is 15.6 Å². The SMILES string of the molecule is CC1CC(=O)NC(Nc2nc3ccccc3s2)N1. The molecule has 0 saturated carbocycles. The van der Waals surface area contributed by atoms with Crippen LogP contribution in [-0.2, 0) is 4.79 Å². The molecule has 0 radical (unpaired) electrons. The maximum atomic E-state index is 11.4. The Morgan fingerprint density at radius 3 is 3.06 bits per heavy atom. The Balaban J connectivity index is 1.77. The number of amides is 1. The van der Waals surface area contributed by atoms with E-state index in [1.165, 1.54) is 0 Å². The van der Waals surface area contributed by atoms with E-state index in [9.17, 15) is 4.79 Å². The van der Waals surface area contributed by atoms with Crippen LogP contribution in [0.15, 0.2) is 24.3 Å². The van der Waals surface area contributed by atoms with Crippen LogP contribution in [-0.4, -0.2) is 23.2 Å². The first-order valence-electron chi connectivity index (χ1n) is 5.88. The maximum Gasteiger partial charge on any atom is 0.224 e. The molecule has 2 unspecified atom stereocenters. The minimum Gasteiger partial charge on any atom is -0.329 e. The van der Waals surface area contributed by atoms with Crippen molar-refractivity contribution < 1.29 is 4.79 Å². The van der Waals surface area contributed by atoms with Gasteiger partial charge >= 0.3 is 0 Å². The van der Waals surface area contributed by atoms with Crippen LogP contribution >= 0.6 is 11.3 Å². The molecule has 6 heteroatoms. The fraction of sp³-hybridized carbons (Fsp3) is 0.333. The van der Waals surface area contributed by atoms with Crippen molar-refractivity contribution in [2.24, 2.45) is 0 Å². The van der Waals surface area contributed by atoms with E-state index in [1.807, 2.05) is 31.2 Å². The van der Waals surface area contributed by atoms with Crippen molar-refractivity contribution in [3.63, 3.8) is 0 Å². The Hall–Kier alpha value is -1.66. The summed E-state index contributed by atoms with van der Waals surface area (Å²) >= 11 is 1.58. The number of aromatic nitrogens is 1. The highest BCUT2D eigenvalue weighted by atomic mass is 32.1. The zero-order valence-corrected chi connectivity index (χ0v) is 10.8. The third kappa shape index (κ3) is 2.30. The van der Waals surface area contributed by atoms with Gasteiger partial charge in [0.15, 0.2) is 11.4 Å². The van der Waals surface area contributed by atoms with Crippen LogP contribution in [0, 0.1) is 0 Å². The fourth-order valence-electron chi connectivity index (χ4n) is 2.02. The van der Waals surface area contributed by atoms with Crippen molar-refractivity contribution in [1.29, 1.82) is 0 Å². The van der Waals surface area contributed by atoms with E-state index in [0.717, 1.165) is 15.3 Å². The summed E-state index contributed by atoms with van der Waals surface area (Å²) in [6, 6.07) is 8.15. The second-order valence-electron chi connectivity index (χ2n) is 4.40. The van der Waals surface area contributed by atoms with Crippen LogP contribution < -0.4 is 16.0 Å². The lowest BCUT2D eigenvalue weighted by Crippen LogP contribution is -2.59. The van der Waals surface area contributed by atoms with Crippen molar-refractivity contribution in [3.8, 4) is 0 Å². The van der Waals surface area contributed by atoms with E-state index < -0.39 is 0 Å². The highest BCUT2D eigenvalue weighted by molar-refractivity contribution is 7.22. The molecule has 1 aromatic heterocycles. The molecule has 94 valence electrons. The smallest absolute Gasteiger partial charge is 0.224 e. The second-order valence-corrected chi connectivity index (χ2v) is 5.43. The molecule has 0 aliphatic carbocycles. The van der Waals surface area contributed by atoms with Gasteiger partial charge in [0.05, 0.1) is 10.2 Å². The Labute approximate surface area is 109 Å². The van der Waals surface area contributed by atoms with Crippen molar-refractivity contribution in [3.05, 3.63) is 24.3 Å². The lowest BCUT2D eigenvalue weighted by atomic mass is 10.2. The fourth-order valence-corrected chi connectivity index (χ4v) is 2.91. The predicted molar refractivity (Wildman–Crippen MR) is 72.4 cm³/mol. The summed E-state index contributed by atoms with van der Waals surface area (Å²) < 4.78 is 1.13. The summed E-state index contributed by atoms with van der Waals surface area (Å²) in [7, 11) is 0. The standard InChI is InChI=1S/C12H14N4OS/c1-7-6-10(17)15-11(13-7)16-12-14-8-4-2-3-5-9(8)18-12/h2-5,7,11,13H,6H2,1H3,(H,14,16)(H,15,17). The minimum atomic E-state index is -0.248. The largest absolute Gasteiger partial charge is 0.329 e. The normalized spacial score (nSPS) is 23.9. The number of carbonyl (C=O) groups is 1. The molecule has 1 aliphatic heterocycles. The molecule has 0 bridgehead atoms. The minimum absolute atomic E-state index is 0.0554. The van der Waals surface area contributed by atoms with E-state index in [0.29, 0.717) is 6.42 Å². The van der Waals surface area contributed by atoms with Gasteiger partial charge in [-0.25, -0.2) is 4.98 Å². The van der Waals surface area contributed by atoms with Crippen LogP contribution in [0.25, 0.3) is 10.2 Å². The molecule has 1 fully saturated rings. The molecule has 5 nitrogen and oxygen atoms in total. The highest BCUT2D eigenvalue weighted by Crippen LogP contribution is 2.25. The van der Waals surface area contributed by atoms with E-state index in [-0.39, 0.29) is 18.2 Å². The van der Waals surface area contributed by atoms with E-state index in [2.05, 4.69) is 20.9 Å². The Bertz CT molecular complexity index is 549. The molecule has 2 heterocycles. The number of thiazole rings is 1. The third-order valence-electron chi connectivity index (χ3n) is 2.81. The summed E-state index contributed by atoms with van der Waals surface area (Å²) in [4.78, 5) is 15.9. The van der Waals surface area contributed by atoms with Crippen LogP contribution in [0.5, 0.6) is 0 Å². The van der Waals surface area contributed by atoms with E-state index in [4.69, 9.17) is 0 Å². The number of para-hydroxylation sites is 1. The molecule has 18 heavy (non-hydrogen) atoms. The summed E-state index contributed by atoms with van der Waals surface area (Å²) in [5.41, 5.74) is 0.972. The van der Waals surface area contributed by atoms with Crippen LogP contribution in [0.3, 0.4) is 0 Å². The number of anilines is 1. The third-order valence-corrected chi connectivity index (χ3v) is 3.78. The number of benzene rings is 1. The van der Waals surface area contributed by atoms with Gasteiger partial charge in [0.1, 0.15) is 0 Å². The zero-order valence-electron chi connectivity index (χ0n) is 9.93. The van der Waals surface area contributed by atoms with Gasteiger partial charge in [0, 0.05) is 12.5 Å². The topological polar surface area (TPSA) is 66.0 Å². The summed E-state index contributed by atoms with van der Waals surface area (Å²) in [5.74, 6) is 0.0554. The molecule has 1 amide bonds. The van der Waals surface area contributed by atoms with Gasteiger partial charge in [-0.15, -0.1) is 0 Å². The molecular formula is C12H14N4OS. The average Bonchev–Trinajstić information content (AvgIpc) is 2.69. The van der Waals surface area contributed by atoms with Crippen molar-refractivity contribution in [2.45, 2.75) is 25.7 Å². The number of hydrogen-bond donors (Lipinski definition) is 3. The molecule has 0 spiro atoms. The number of fused-ring (bicyclic) bond motifs is 1. The zero-order chi connectivity index (χ0) is 12.5. The molecular weight excluding hydrogens is 248 g/mol. The summed E-state index contributed by atoms with van der Waals surface area (Å²) in [6.45, 7) is 1.99. The number of nitrogens with zero attached hydrogens (tertiary/aromatic N) is 1. The lowest BCUT2D eigenvalue weighted by molar-refractivity contribution is -0.123. The van der Waals surface area contributed by atoms with Gasteiger partial charge in [0.25, 0.3) is 0 Å². The van der Waals surface area contributed by atoms with Gasteiger partial charge in [-0.3, -0.25) is 10.1 Å². The second kappa shape index (κ2) is 4.55. The monoisotopic (exact) mass is 262 g/mol. The van der Waals surface area contributed by atoms with E-state index in [1.54, 1.807) is 11.3 Å². The maximum absolute atomic E-state index is 11.4. The van der Waals surface area contributed by atoms with Gasteiger partial charge < -0.3 is 10.6 Å². The Morgan fingerprint density at radius 2 is 2.28 bits per heavy atom. The number of nitrogens with one attached hydrogen (secondary N) is 3. The van der Waals surface area contributed by atoms with Crippen molar-refractivity contribution >= 4 is 32.6 Å². The summed E-state index contributed by atoms with van der Waals surface area (Å²) in [6.07, 6.45) is 0.264. The van der Waals surface area contributed by atoms with Gasteiger partial charge in [-0.05, 0) is 19.1 Å². The van der Waals surface area contributed by atoms with Crippen molar-refractivity contribution in [2.75, 3.05) is 5.32 Å². The number of rotatable bonds is 2.